The maximum Gasteiger partial charge on any atom is 0.241 e. The average molecular weight is 277 g/mol. The summed E-state index contributed by atoms with van der Waals surface area (Å²) in [5, 5.41) is 4.10. The van der Waals surface area contributed by atoms with Crippen molar-refractivity contribution < 1.29 is 8.42 Å². The lowest BCUT2D eigenvalue weighted by molar-refractivity contribution is 0.558. The third-order valence-electron chi connectivity index (χ3n) is 3.30. The number of hydrogen-bond donors (Lipinski definition) is 1. The zero-order chi connectivity index (χ0) is 13.5. The van der Waals surface area contributed by atoms with Gasteiger partial charge in [0, 0.05) is 17.9 Å². The summed E-state index contributed by atoms with van der Waals surface area (Å²) in [7, 11) is -3.42. The van der Waals surface area contributed by atoms with Crippen molar-refractivity contribution >= 4 is 10.0 Å². The number of rotatable bonds is 4. The van der Waals surface area contributed by atoms with Crippen LogP contribution in [-0.4, -0.2) is 23.7 Å². The van der Waals surface area contributed by atoms with E-state index in [1.807, 2.05) is 19.2 Å². The van der Waals surface area contributed by atoms with Gasteiger partial charge < -0.3 is 0 Å². The van der Waals surface area contributed by atoms with Gasteiger partial charge in [0.05, 0.1) is 10.6 Å². The second-order valence-corrected chi connectivity index (χ2v) is 6.79. The van der Waals surface area contributed by atoms with Crippen molar-refractivity contribution in [1.82, 2.24) is 14.5 Å². The van der Waals surface area contributed by atoms with Crippen LogP contribution in [0.2, 0.25) is 0 Å². The molecule has 1 heterocycles. The Morgan fingerprint density at radius 3 is 2.47 bits per heavy atom. The minimum absolute atomic E-state index is 0.251. The zero-order valence-corrected chi connectivity index (χ0v) is 11.4. The molecule has 2 aromatic rings. The highest BCUT2D eigenvalue weighted by molar-refractivity contribution is 7.89. The van der Waals surface area contributed by atoms with E-state index in [1.165, 1.54) is 0 Å². The van der Waals surface area contributed by atoms with Gasteiger partial charge in [-0.05, 0) is 50.1 Å². The largest absolute Gasteiger partial charge is 0.241 e. The highest BCUT2D eigenvalue weighted by Crippen LogP contribution is 2.35. The van der Waals surface area contributed by atoms with E-state index >= 15 is 0 Å². The van der Waals surface area contributed by atoms with E-state index in [4.69, 9.17) is 0 Å². The van der Waals surface area contributed by atoms with Crippen molar-refractivity contribution in [3.05, 3.63) is 42.7 Å². The Morgan fingerprint density at radius 2 is 1.95 bits per heavy atom. The molecule has 19 heavy (non-hydrogen) atoms. The van der Waals surface area contributed by atoms with Crippen LogP contribution in [0.5, 0.6) is 0 Å². The van der Waals surface area contributed by atoms with E-state index < -0.39 is 10.0 Å². The monoisotopic (exact) mass is 277 g/mol. The summed E-state index contributed by atoms with van der Waals surface area (Å²) in [6.07, 6.45) is 5.29. The highest BCUT2D eigenvalue weighted by Gasteiger charge is 2.41. The molecule has 5 nitrogen and oxygen atoms in total. The van der Waals surface area contributed by atoms with Gasteiger partial charge in [-0.2, -0.15) is 5.10 Å². The minimum atomic E-state index is -3.42. The molecule has 1 N–H and O–H groups in total. The molecule has 0 saturated heterocycles. The van der Waals surface area contributed by atoms with Crippen molar-refractivity contribution in [3.63, 3.8) is 0 Å². The van der Waals surface area contributed by atoms with Crippen molar-refractivity contribution in [1.29, 1.82) is 0 Å². The molecule has 0 radical (unpaired) electrons. The maximum absolute atomic E-state index is 12.2. The molecular formula is C13H15N3O2S. The van der Waals surface area contributed by atoms with E-state index in [9.17, 15) is 8.42 Å². The van der Waals surface area contributed by atoms with Gasteiger partial charge in [-0.1, -0.05) is 0 Å². The van der Waals surface area contributed by atoms with Gasteiger partial charge in [0.2, 0.25) is 10.0 Å². The van der Waals surface area contributed by atoms with Gasteiger partial charge in [-0.25, -0.2) is 17.8 Å². The van der Waals surface area contributed by atoms with Gasteiger partial charge in [-0.3, -0.25) is 0 Å². The number of hydrogen-bond acceptors (Lipinski definition) is 3. The smallest absolute Gasteiger partial charge is 0.241 e. The topological polar surface area (TPSA) is 64.0 Å². The lowest BCUT2D eigenvalue weighted by atomic mass is 10.3. The van der Waals surface area contributed by atoms with Crippen LogP contribution in [0.4, 0.5) is 0 Å². The van der Waals surface area contributed by atoms with E-state index in [0.29, 0.717) is 0 Å². The normalized spacial score (nSPS) is 17.3. The fraction of sp³-hybridized carbons (Fsp3) is 0.308. The number of benzene rings is 1. The first-order valence-electron chi connectivity index (χ1n) is 6.13. The van der Waals surface area contributed by atoms with Crippen molar-refractivity contribution in [2.24, 2.45) is 0 Å². The number of sulfonamides is 1. The molecule has 0 bridgehead atoms. The van der Waals surface area contributed by atoms with Crippen molar-refractivity contribution in [2.45, 2.75) is 30.2 Å². The Morgan fingerprint density at radius 1 is 1.26 bits per heavy atom. The van der Waals surface area contributed by atoms with Crippen LogP contribution in [0.15, 0.2) is 47.6 Å². The Kier molecular flexibility index (Phi) is 2.72. The molecule has 1 aromatic carbocycles. The molecule has 1 aliphatic carbocycles. The summed E-state index contributed by atoms with van der Waals surface area (Å²) >= 11 is 0. The molecular weight excluding hydrogens is 262 g/mol. The molecule has 1 aromatic heterocycles. The van der Waals surface area contributed by atoms with Crippen LogP contribution in [0.3, 0.4) is 0 Å². The first-order valence-corrected chi connectivity index (χ1v) is 7.61. The summed E-state index contributed by atoms with van der Waals surface area (Å²) in [5.74, 6) is 0. The Bertz CT molecular complexity index is 671. The van der Waals surface area contributed by atoms with Crippen LogP contribution in [-0.2, 0) is 10.0 Å². The quantitative estimate of drug-likeness (QED) is 0.925. The fourth-order valence-electron chi connectivity index (χ4n) is 1.87. The van der Waals surface area contributed by atoms with Crippen LogP contribution >= 0.6 is 0 Å². The summed E-state index contributed by atoms with van der Waals surface area (Å²) < 4.78 is 28.7. The Balaban J connectivity index is 1.86. The third kappa shape index (κ3) is 2.54. The molecule has 100 valence electrons. The van der Waals surface area contributed by atoms with Gasteiger partial charge in [-0.15, -0.1) is 0 Å². The minimum Gasteiger partial charge on any atom is -0.241 e. The van der Waals surface area contributed by atoms with E-state index in [0.717, 1.165) is 18.5 Å². The number of nitrogens with one attached hydrogen (secondary N) is 1. The predicted octanol–water partition coefficient (Wildman–Crippen LogP) is 1.70. The van der Waals surface area contributed by atoms with Crippen LogP contribution < -0.4 is 4.72 Å². The average Bonchev–Trinajstić information content (AvgIpc) is 2.90. The standard InChI is InChI=1S/C13H15N3O2S/c1-13(7-8-13)15-19(17,18)12-5-3-11(4-6-12)16-10-2-9-14-16/h2-6,9-10,15H,7-8H2,1H3. The zero-order valence-electron chi connectivity index (χ0n) is 10.6. The van der Waals surface area contributed by atoms with Crippen LogP contribution in [0.1, 0.15) is 19.8 Å². The molecule has 0 atom stereocenters. The maximum atomic E-state index is 12.2. The van der Waals surface area contributed by atoms with E-state index in [2.05, 4.69) is 9.82 Å². The van der Waals surface area contributed by atoms with Crippen molar-refractivity contribution in [2.75, 3.05) is 0 Å². The van der Waals surface area contributed by atoms with Gasteiger partial charge in [0.1, 0.15) is 0 Å². The lowest BCUT2D eigenvalue weighted by Gasteiger charge is -2.12. The molecule has 0 spiro atoms. The van der Waals surface area contributed by atoms with Crippen LogP contribution in [0.25, 0.3) is 5.69 Å². The SMILES string of the molecule is CC1(NS(=O)(=O)c2ccc(-n3cccn3)cc2)CC1. The first-order chi connectivity index (χ1) is 8.99. The van der Waals surface area contributed by atoms with E-state index in [-0.39, 0.29) is 10.4 Å². The molecule has 0 unspecified atom stereocenters. The number of nitrogens with zero attached hydrogens (tertiary/aromatic N) is 2. The highest BCUT2D eigenvalue weighted by atomic mass is 32.2. The molecule has 0 amide bonds. The summed E-state index contributed by atoms with van der Waals surface area (Å²) in [6.45, 7) is 1.92. The molecule has 1 fully saturated rings. The van der Waals surface area contributed by atoms with Crippen LogP contribution in [0, 0.1) is 0 Å². The number of aromatic nitrogens is 2. The van der Waals surface area contributed by atoms with Crippen molar-refractivity contribution in [3.8, 4) is 5.69 Å². The fourth-order valence-corrected chi connectivity index (χ4v) is 3.34. The molecule has 1 aliphatic rings. The Hall–Kier alpha value is -1.66. The summed E-state index contributed by atoms with van der Waals surface area (Å²) in [5.41, 5.74) is 0.584. The van der Waals surface area contributed by atoms with Gasteiger partial charge in [0.25, 0.3) is 0 Å². The first kappa shape index (κ1) is 12.4. The molecule has 6 heteroatoms. The molecule has 3 rings (SSSR count). The van der Waals surface area contributed by atoms with Gasteiger partial charge >= 0.3 is 0 Å². The molecule has 0 aliphatic heterocycles. The second kappa shape index (κ2) is 4.18. The predicted molar refractivity (Wildman–Crippen MR) is 71.5 cm³/mol. The second-order valence-electron chi connectivity index (χ2n) is 5.11. The van der Waals surface area contributed by atoms with E-state index in [1.54, 1.807) is 35.1 Å². The third-order valence-corrected chi connectivity index (χ3v) is 4.95. The van der Waals surface area contributed by atoms with Gasteiger partial charge in [0.15, 0.2) is 0 Å². The summed E-state index contributed by atoms with van der Waals surface area (Å²) in [4.78, 5) is 0.288. The Labute approximate surface area is 112 Å². The lowest BCUT2D eigenvalue weighted by Crippen LogP contribution is -2.34. The summed E-state index contributed by atoms with van der Waals surface area (Å²) in [6, 6.07) is 8.52. The molecule has 1 saturated carbocycles.